The molecule has 10 heteroatoms. The van der Waals surface area contributed by atoms with Crippen molar-refractivity contribution in [1.82, 2.24) is 0 Å². The minimum absolute atomic E-state index is 0.103. The zero-order chi connectivity index (χ0) is 21.3. The van der Waals surface area contributed by atoms with Gasteiger partial charge in [0.25, 0.3) is 16.0 Å². The molecule has 0 saturated carbocycles. The fraction of sp³-hybridized carbons (Fsp3) is 0.105. The van der Waals surface area contributed by atoms with E-state index in [9.17, 15) is 23.1 Å². The van der Waals surface area contributed by atoms with Crippen molar-refractivity contribution in [2.75, 3.05) is 24.0 Å². The van der Waals surface area contributed by atoms with Crippen LogP contribution in [-0.4, -0.2) is 49.8 Å². The molecule has 0 atom stereocenters. The topological polar surface area (TPSA) is 128 Å². The third kappa shape index (κ3) is 4.18. The summed E-state index contributed by atoms with van der Waals surface area (Å²) in [6, 6.07) is 11.8. The minimum atomic E-state index is -4.39. The van der Waals surface area contributed by atoms with Crippen LogP contribution in [-0.2, 0) is 19.7 Å². The lowest BCUT2D eigenvalue weighted by atomic mass is 10.1. The molecule has 2 aromatic rings. The van der Waals surface area contributed by atoms with Crippen LogP contribution < -0.4 is 9.91 Å². The normalized spacial score (nSPS) is 15.6. The van der Waals surface area contributed by atoms with Gasteiger partial charge < -0.3 is 10.0 Å². The second-order valence-electron chi connectivity index (χ2n) is 6.38. The molecule has 0 radical (unpaired) electrons. The number of carboxylic acids is 1. The lowest BCUT2D eigenvalue weighted by Crippen LogP contribution is -2.22. The van der Waals surface area contributed by atoms with Crippen molar-refractivity contribution in [2.45, 2.75) is 4.90 Å². The van der Waals surface area contributed by atoms with Gasteiger partial charge in [-0.1, -0.05) is 12.1 Å². The van der Waals surface area contributed by atoms with E-state index in [4.69, 9.17) is 4.55 Å². The molecule has 150 valence electrons. The molecule has 0 saturated heterocycles. The molecular weight excluding hydrogens is 398 g/mol. The third-order valence-electron chi connectivity index (χ3n) is 4.18. The van der Waals surface area contributed by atoms with Crippen LogP contribution in [0.15, 0.2) is 64.1 Å². The Balaban J connectivity index is 1.97. The molecule has 0 fully saturated rings. The highest BCUT2D eigenvalue weighted by Crippen LogP contribution is 2.26. The van der Waals surface area contributed by atoms with Crippen LogP contribution in [0.5, 0.6) is 0 Å². The molecule has 2 N–H and O–H groups in total. The standard InChI is InChI=1S/C19H17N3O6S/c1-21(2)13-5-3-12(4-6-13)11-16-17(19(24)25)20-22(18(16)23)14-7-9-15(10-8-14)29(26,27)28/h3-11H,1-2H3,(H,24,25)(H,26,27,28). The van der Waals surface area contributed by atoms with Gasteiger partial charge in [-0.25, -0.2) is 4.79 Å². The Morgan fingerprint density at radius 1 is 1.07 bits per heavy atom. The Morgan fingerprint density at radius 2 is 1.66 bits per heavy atom. The first-order valence-corrected chi connectivity index (χ1v) is 9.75. The fourth-order valence-electron chi connectivity index (χ4n) is 2.67. The number of aliphatic carboxylic acids is 1. The number of benzene rings is 2. The maximum atomic E-state index is 12.8. The number of hydrogen-bond acceptors (Lipinski definition) is 6. The monoisotopic (exact) mass is 415 g/mol. The molecule has 1 aliphatic rings. The number of nitrogens with zero attached hydrogens (tertiary/aromatic N) is 3. The Labute approximate surface area is 166 Å². The number of carbonyl (C=O) groups excluding carboxylic acids is 1. The van der Waals surface area contributed by atoms with Gasteiger partial charge in [0, 0.05) is 19.8 Å². The van der Waals surface area contributed by atoms with Crippen LogP contribution in [0, 0.1) is 0 Å². The zero-order valence-electron chi connectivity index (χ0n) is 15.5. The summed E-state index contributed by atoms with van der Waals surface area (Å²) in [4.78, 5) is 25.9. The molecule has 1 heterocycles. The molecule has 1 aliphatic heterocycles. The Hall–Kier alpha value is -3.50. The highest BCUT2D eigenvalue weighted by molar-refractivity contribution is 7.85. The van der Waals surface area contributed by atoms with Gasteiger partial charge in [0.15, 0.2) is 5.71 Å². The molecular formula is C19H17N3O6S. The van der Waals surface area contributed by atoms with Crippen LogP contribution in [0.4, 0.5) is 11.4 Å². The number of rotatable bonds is 5. The number of carbonyl (C=O) groups is 2. The zero-order valence-corrected chi connectivity index (χ0v) is 16.3. The summed E-state index contributed by atoms with van der Waals surface area (Å²) >= 11 is 0. The van der Waals surface area contributed by atoms with Crippen molar-refractivity contribution in [2.24, 2.45) is 5.10 Å². The van der Waals surface area contributed by atoms with Gasteiger partial charge in [0.2, 0.25) is 0 Å². The summed E-state index contributed by atoms with van der Waals surface area (Å²) in [5.41, 5.74) is 1.20. The number of anilines is 2. The predicted molar refractivity (Wildman–Crippen MR) is 108 cm³/mol. The van der Waals surface area contributed by atoms with E-state index in [1.807, 2.05) is 31.1 Å². The van der Waals surface area contributed by atoms with Crippen LogP contribution in [0.2, 0.25) is 0 Å². The van der Waals surface area contributed by atoms with E-state index >= 15 is 0 Å². The summed E-state index contributed by atoms with van der Waals surface area (Å²) in [6.45, 7) is 0. The maximum absolute atomic E-state index is 12.8. The first-order valence-electron chi connectivity index (χ1n) is 8.31. The van der Waals surface area contributed by atoms with E-state index in [1.165, 1.54) is 18.2 Å². The summed E-state index contributed by atoms with van der Waals surface area (Å²) < 4.78 is 31.3. The molecule has 2 aromatic carbocycles. The van der Waals surface area contributed by atoms with E-state index < -0.39 is 27.7 Å². The fourth-order valence-corrected chi connectivity index (χ4v) is 3.15. The molecule has 0 bridgehead atoms. The SMILES string of the molecule is CN(C)c1ccc(C=C2C(=O)N(c3ccc(S(=O)(=O)O)cc3)N=C2C(=O)O)cc1. The second kappa shape index (κ2) is 7.49. The van der Waals surface area contributed by atoms with Crippen molar-refractivity contribution < 1.29 is 27.7 Å². The average molecular weight is 415 g/mol. The Morgan fingerprint density at radius 3 is 2.14 bits per heavy atom. The molecule has 0 aliphatic carbocycles. The van der Waals surface area contributed by atoms with E-state index in [1.54, 1.807) is 12.1 Å². The predicted octanol–water partition coefficient (Wildman–Crippen LogP) is 1.87. The molecule has 1 amide bonds. The summed E-state index contributed by atoms with van der Waals surface area (Å²) in [6.07, 6.45) is 1.43. The quantitative estimate of drug-likeness (QED) is 0.564. The third-order valence-corrected chi connectivity index (χ3v) is 5.05. The summed E-state index contributed by atoms with van der Waals surface area (Å²) in [5, 5.41) is 14.2. The van der Waals surface area contributed by atoms with E-state index in [-0.39, 0.29) is 16.2 Å². The van der Waals surface area contributed by atoms with Crippen molar-refractivity contribution in [1.29, 1.82) is 0 Å². The molecule has 0 spiro atoms. The number of amides is 1. The number of hydrazone groups is 1. The highest BCUT2D eigenvalue weighted by Gasteiger charge is 2.35. The van der Waals surface area contributed by atoms with Crippen molar-refractivity contribution in [3.8, 4) is 0 Å². The first-order chi connectivity index (χ1) is 13.6. The van der Waals surface area contributed by atoms with Crippen LogP contribution in [0.1, 0.15) is 5.56 Å². The van der Waals surface area contributed by atoms with Gasteiger partial charge in [-0.2, -0.15) is 18.5 Å². The average Bonchev–Trinajstić information content (AvgIpc) is 2.98. The van der Waals surface area contributed by atoms with Crippen LogP contribution >= 0.6 is 0 Å². The van der Waals surface area contributed by atoms with Gasteiger partial charge in [0.1, 0.15) is 0 Å². The largest absolute Gasteiger partial charge is 0.476 e. The summed E-state index contributed by atoms with van der Waals surface area (Å²) in [5.74, 6) is -2.04. The van der Waals surface area contributed by atoms with E-state index in [2.05, 4.69) is 5.10 Å². The second-order valence-corrected chi connectivity index (χ2v) is 7.81. The molecule has 9 nitrogen and oxygen atoms in total. The molecule has 0 unspecified atom stereocenters. The van der Waals surface area contributed by atoms with Crippen molar-refractivity contribution >= 4 is 45.2 Å². The van der Waals surface area contributed by atoms with Crippen LogP contribution in [0.25, 0.3) is 6.08 Å². The smallest absolute Gasteiger partial charge is 0.357 e. The van der Waals surface area contributed by atoms with Gasteiger partial charge in [-0.15, -0.1) is 0 Å². The highest BCUT2D eigenvalue weighted by atomic mass is 32.2. The Bertz CT molecular complexity index is 1130. The van der Waals surface area contributed by atoms with E-state index in [0.29, 0.717) is 5.56 Å². The maximum Gasteiger partial charge on any atom is 0.357 e. The van der Waals surface area contributed by atoms with Crippen LogP contribution in [0.3, 0.4) is 0 Å². The number of hydrogen-bond donors (Lipinski definition) is 2. The van der Waals surface area contributed by atoms with Gasteiger partial charge >= 0.3 is 5.97 Å². The Kier molecular flexibility index (Phi) is 5.23. The number of carboxylic acid groups (broad SMARTS) is 1. The molecule has 0 aromatic heterocycles. The first kappa shape index (κ1) is 20.2. The van der Waals surface area contributed by atoms with Gasteiger partial charge in [-0.05, 0) is 48.0 Å². The minimum Gasteiger partial charge on any atom is -0.476 e. The van der Waals surface area contributed by atoms with Crippen molar-refractivity contribution in [3.63, 3.8) is 0 Å². The van der Waals surface area contributed by atoms with Crippen molar-refractivity contribution in [3.05, 3.63) is 59.7 Å². The lowest BCUT2D eigenvalue weighted by molar-refractivity contribution is -0.129. The molecule has 3 rings (SSSR count). The molecule has 29 heavy (non-hydrogen) atoms. The summed E-state index contributed by atoms with van der Waals surface area (Å²) in [7, 11) is -0.624. The lowest BCUT2D eigenvalue weighted by Gasteiger charge is -2.12. The van der Waals surface area contributed by atoms with E-state index in [0.717, 1.165) is 22.8 Å². The van der Waals surface area contributed by atoms with Gasteiger partial charge in [-0.3, -0.25) is 9.35 Å². The van der Waals surface area contributed by atoms with Gasteiger partial charge in [0.05, 0.1) is 16.2 Å².